The predicted molar refractivity (Wildman–Crippen MR) is 86.2 cm³/mol. The summed E-state index contributed by atoms with van der Waals surface area (Å²) in [6.07, 6.45) is 3.75. The van der Waals surface area contributed by atoms with Gasteiger partial charge in [-0.05, 0) is 45.0 Å². The third-order valence-corrected chi connectivity index (χ3v) is 3.63. The van der Waals surface area contributed by atoms with Crippen LogP contribution in [0.3, 0.4) is 0 Å². The fraction of sp³-hybridized carbons (Fsp3) is 0.625. The monoisotopic (exact) mass is 282 g/mol. The molecule has 0 amide bonds. The van der Waals surface area contributed by atoms with Crippen LogP contribution in [-0.2, 0) is 6.54 Å². The van der Waals surface area contributed by atoms with E-state index in [0.29, 0.717) is 6.04 Å². The van der Waals surface area contributed by atoms with Crippen LogP contribution in [0.15, 0.2) is 18.2 Å². The highest BCUT2D eigenvalue weighted by Crippen LogP contribution is 2.28. The van der Waals surface area contributed by atoms with E-state index in [4.69, 9.17) is 11.6 Å². The molecule has 0 aromatic heterocycles. The fourth-order valence-corrected chi connectivity index (χ4v) is 2.60. The van der Waals surface area contributed by atoms with Gasteiger partial charge < -0.3 is 10.2 Å². The lowest BCUT2D eigenvalue weighted by molar-refractivity contribution is 0.626. The first-order chi connectivity index (χ1) is 9.10. The van der Waals surface area contributed by atoms with Gasteiger partial charge in [-0.25, -0.2) is 0 Å². The predicted octanol–water partition coefficient (Wildman–Crippen LogP) is 4.46. The van der Waals surface area contributed by atoms with E-state index in [1.807, 2.05) is 7.05 Å². The van der Waals surface area contributed by atoms with Crippen LogP contribution in [0.25, 0.3) is 0 Å². The molecule has 0 aliphatic rings. The molecular formula is C16H27ClN2. The lowest BCUT2D eigenvalue weighted by atomic mass is 10.1. The zero-order valence-corrected chi connectivity index (χ0v) is 13.4. The van der Waals surface area contributed by atoms with Crippen molar-refractivity contribution in [3.05, 3.63) is 28.8 Å². The summed E-state index contributed by atoms with van der Waals surface area (Å²) in [5.74, 6) is 0. The third kappa shape index (κ3) is 5.04. The van der Waals surface area contributed by atoms with Crippen LogP contribution < -0.4 is 10.2 Å². The maximum atomic E-state index is 6.45. The molecule has 0 bridgehead atoms. The molecule has 2 nitrogen and oxygen atoms in total. The molecule has 0 heterocycles. The van der Waals surface area contributed by atoms with E-state index >= 15 is 0 Å². The average molecular weight is 283 g/mol. The fourth-order valence-electron chi connectivity index (χ4n) is 2.29. The van der Waals surface area contributed by atoms with Crippen molar-refractivity contribution < 1.29 is 0 Å². The normalized spacial score (nSPS) is 11.1. The largest absolute Gasteiger partial charge is 0.368 e. The van der Waals surface area contributed by atoms with Gasteiger partial charge in [0.15, 0.2) is 0 Å². The van der Waals surface area contributed by atoms with Gasteiger partial charge in [0, 0.05) is 19.1 Å². The second-order valence-electron chi connectivity index (χ2n) is 5.31. The number of hydrogen-bond donors (Lipinski definition) is 1. The molecule has 0 aliphatic heterocycles. The molecule has 0 unspecified atom stereocenters. The van der Waals surface area contributed by atoms with Gasteiger partial charge in [-0.1, -0.05) is 37.4 Å². The Labute approximate surface area is 123 Å². The molecule has 1 aromatic rings. The van der Waals surface area contributed by atoms with Crippen LogP contribution in [0.2, 0.25) is 5.02 Å². The first-order valence-corrected chi connectivity index (χ1v) is 7.67. The number of benzene rings is 1. The van der Waals surface area contributed by atoms with Crippen molar-refractivity contribution >= 4 is 17.3 Å². The number of nitrogens with one attached hydrogen (secondary N) is 1. The van der Waals surface area contributed by atoms with Crippen LogP contribution in [-0.4, -0.2) is 19.6 Å². The highest BCUT2D eigenvalue weighted by atomic mass is 35.5. The molecule has 19 heavy (non-hydrogen) atoms. The molecule has 1 aromatic carbocycles. The zero-order chi connectivity index (χ0) is 14.3. The van der Waals surface area contributed by atoms with Gasteiger partial charge in [-0.15, -0.1) is 0 Å². The molecule has 1 N–H and O–H groups in total. The molecule has 1 rings (SSSR count). The van der Waals surface area contributed by atoms with Crippen molar-refractivity contribution in [2.24, 2.45) is 0 Å². The Hall–Kier alpha value is -0.730. The van der Waals surface area contributed by atoms with E-state index in [9.17, 15) is 0 Å². The molecule has 0 saturated heterocycles. The third-order valence-electron chi connectivity index (χ3n) is 3.33. The van der Waals surface area contributed by atoms with Crippen LogP contribution in [0.1, 0.15) is 45.6 Å². The van der Waals surface area contributed by atoms with Crippen molar-refractivity contribution in [2.75, 3.05) is 18.5 Å². The van der Waals surface area contributed by atoms with Gasteiger partial charge in [0.2, 0.25) is 0 Å². The van der Waals surface area contributed by atoms with Gasteiger partial charge >= 0.3 is 0 Å². The number of nitrogens with zero attached hydrogens (tertiary/aromatic N) is 1. The van der Waals surface area contributed by atoms with Crippen LogP contribution in [0.5, 0.6) is 0 Å². The summed E-state index contributed by atoms with van der Waals surface area (Å²) < 4.78 is 0. The van der Waals surface area contributed by atoms with Crippen molar-refractivity contribution in [1.82, 2.24) is 5.32 Å². The zero-order valence-electron chi connectivity index (χ0n) is 12.7. The highest BCUT2D eigenvalue weighted by Gasteiger charge is 2.13. The molecule has 0 spiro atoms. The second-order valence-corrected chi connectivity index (χ2v) is 5.72. The molecule has 0 saturated carbocycles. The van der Waals surface area contributed by atoms with E-state index in [1.165, 1.54) is 24.8 Å². The van der Waals surface area contributed by atoms with Crippen molar-refractivity contribution in [2.45, 2.75) is 52.6 Å². The minimum Gasteiger partial charge on any atom is -0.368 e. The number of unbranched alkanes of at least 4 members (excludes halogenated alkanes) is 2. The first-order valence-electron chi connectivity index (χ1n) is 7.29. The standard InChI is InChI=1S/C16H27ClN2/c1-5-6-7-10-19(13(2)3)16-9-8-14(12-18-4)11-15(16)17/h8-9,11,13,18H,5-7,10,12H2,1-4H3. The van der Waals surface area contributed by atoms with E-state index in [2.05, 4.69) is 49.2 Å². The average Bonchev–Trinajstić information content (AvgIpc) is 2.36. The SMILES string of the molecule is CCCCCN(c1ccc(CNC)cc1Cl)C(C)C. The molecule has 0 fully saturated rings. The van der Waals surface area contributed by atoms with E-state index in [-0.39, 0.29) is 0 Å². The van der Waals surface area contributed by atoms with E-state index < -0.39 is 0 Å². The number of halogens is 1. The topological polar surface area (TPSA) is 15.3 Å². The van der Waals surface area contributed by atoms with E-state index in [0.717, 1.165) is 23.8 Å². The summed E-state index contributed by atoms with van der Waals surface area (Å²) in [7, 11) is 1.95. The molecule has 0 atom stereocenters. The van der Waals surface area contributed by atoms with Crippen LogP contribution in [0, 0.1) is 0 Å². The quantitative estimate of drug-likeness (QED) is 0.708. The molecule has 0 radical (unpaired) electrons. The van der Waals surface area contributed by atoms with Gasteiger partial charge in [0.25, 0.3) is 0 Å². The Morgan fingerprint density at radius 3 is 2.53 bits per heavy atom. The maximum absolute atomic E-state index is 6.45. The highest BCUT2D eigenvalue weighted by molar-refractivity contribution is 6.33. The lowest BCUT2D eigenvalue weighted by Crippen LogP contribution is -2.32. The summed E-state index contributed by atoms with van der Waals surface area (Å²) in [6, 6.07) is 6.86. The maximum Gasteiger partial charge on any atom is 0.0642 e. The second kappa shape index (κ2) is 8.44. The van der Waals surface area contributed by atoms with Gasteiger partial charge in [-0.3, -0.25) is 0 Å². The number of rotatable bonds is 8. The molecule has 3 heteroatoms. The Kier molecular flexibility index (Phi) is 7.25. The van der Waals surface area contributed by atoms with Gasteiger partial charge in [0.05, 0.1) is 10.7 Å². The van der Waals surface area contributed by atoms with Crippen molar-refractivity contribution in [1.29, 1.82) is 0 Å². The van der Waals surface area contributed by atoms with Gasteiger partial charge in [-0.2, -0.15) is 0 Å². The van der Waals surface area contributed by atoms with Gasteiger partial charge in [0.1, 0.15) is 0 Å². The first kappa shape index (κ1) is 16.3. The summed E-state index contributed by atoms with van der Waals surface area (Å²) in [6.45, 7) is 8.63. The molecule has 0 aliphatic carbocycles. The number of hydrogen-bond acceptors (Lipinski definition) is 2. The van der Waals surface area contributed by atoms with Crippen LogP contribution >= 0.6 is 11.6 Å². The Balaban J connectivity index is 2.83. The summed E-state index contributed by atoms with van der Waals surface area (Å²) in [5, 5.41) is 4.01. The Bertz CT molecular complexity index is 377. The molecule has 108 valence electrons. The molecular weight excluding hydrogens is 256 g/mol. The van der Waals surface area contributed by atoms with Crippen LogP contribution in [0.4, 0.5) is 5.69 Å². The minimum absolute atomic E-state index is 0.476. The minimum atomic E-state index is 0.476. The summed E-state index contributed by atoms with van der Waals surface area (Å²) >= 11 is 6.45. The van der Waals surface area contributed by atoms with Crippen molar-refractivity contribution in [3.63, 3.8) is 0 Å². The lowest BCUT2D eigenvalue weighted by Gasteiger charge is -2.30. The Morgan fingerprint density at radius 1 is 1.26 bits per heavy atom. The number of anilines is 1. The smallest absolute Gasteiger partial charge is 0.0642 e. The van der Waals surface area contributed by atoms with E-state index in [1.54, 1.807) is 0 Å². The summed E-state index contributed by atoms with van der Waals surface area (Å²) in [4.78, 5) is 2.40. The Morgan fingerprint density at radius 2 is 2.00 bits per heavy atom. The van der Waals surface area contributed by atoms with Crippen molar-refractivity contribution in [3.8, 4) is 0 Å². The summed E-state index contributed by atoms with van der Waals surface area (Å²) in [5.41, 5.74) is 2.39.